The Morgan fingerprint density at radius 2 is 1.44 bits per heavy atom. The van der Waals surface area contributed by atoms with E-state index in [4.69, 9.17) is 0 Å². The number of nitrogens with one attached hydrogen (secondary N) is 9. The molecule has 1 saturated heterocycles. The van der Waals surface area contributed by atoms with Crippen molar-refractivity contribution in [1.82, 2.24) is 61.8 Å². The van der Waals surface area contributed by atoms with E-state index in [-0.39, 0.29) is 72.2 Å². The van der Waals surface area contributed by atoms with Crippen LogP contribution in [0.2, 0.25) is 0 Å². The number of nitrogens with zero attached hydrogens (tertiary/aromatic N) is 4. The number of carbonyl (C=O) groups excluding carboxylic acids is 13. The molecule has 5 aliphatic heterocycles. The Hall–Kier alpha value is -8.75. The summed E-state index contributed by atoms with van der Waals surface area (Å²) in [6, 6.07) is -4.37. The van der Waals surface area contributed by atoms with Crippen molar-refractivity contribution < 1.29 is 87.0 Å². The topological polar surface area (TPSA) is 448 Å². The number of hydrogen-bond donors (Lipinski definition) is 12. The first-order valence-corrected chi connectivity index (χ1v) is 30.1. The second kappa shape index (κ2) is 29.8. The fourth-order valence-corrected chi connectivity index (χ4v) is 12.1. The van der Waals surface area contributed by atoms with Crippen LogP contribution >= 0.6 is 0 Å². The number of carboxylic acid groups (broad SMARTS) is 1. The number of aliphatic hydroxyl groups excluding tert-OH is 2. The number of benzene rings is 1. The molecule has 2 aromatic rings. The van der Waals surface area contributed by atoms with Crippen LogP contribution in [0.1, 0.15) is 71.8 Å². The highest BCUT2D eigenvalue weighted by Crippen LogP contribution is 2.32. The minimum atomic E-state index is -2.51. The molecule has 0 spiro atoms. The van der Waals surface area contributed by atoms with Gasteiger partial charge < -0.3 is 82.1 Å². The first kappa shape index (κ1) is 66.8. The zero-order valence-electron chi connectivity index (χ0n) is 48.8. The Balaban J connectivity index is 1.28. The molecule has 12 N–H and O–H groups in total. The summed E-state index contributed by atoms with van der Waals surface area (Å²) in [6.45, 7) is 3.81. The highest BCUT2D eigenvalue weighted by molar-refractivity contribution is 7.91. The lowest BCUT2D eigenvalue weighted by molar-refractivity contribution is -0.146. The van der Waals surface area contributed by atoms with Crippen molar-refractivity contribution in [1.29, 1.82) is 0 Å². The number of hydrogen-bond acceptors (Lipinski definition) is 17. The SMILES string of the molecule is CCC(C)[C@@H]1NC(=O)[C@@H]2C[C@@H](O)CN2C(=O)[C@H](CC(=O)O)NC(=O)[C@@H]2C[S+]([O-])c3[nH]c4ccc(NC(=O)CCC(=O)N(CCN5C(=O)C=CC5=O)CCN5C(=O)C=CC5O)cc4c3C[C@H](NC1=O)C(=O)NCC(=O)NC[C@@H]([C@@H](C)CC)C(=O)NCC(=O)N2. The standard InChI is InChI=1S/C56H73N13O18S/c1-5-28(3)34-23-57-41(72)24-59-51(82)36-21-33-32-19-30(60-40(71)9-10-43(74)66(15-17-67-44(75)11-12-45(67)76)16-18-68-46(77)13-14-47(68)78)7-8-35(32)64-55(33)88(87)27-38(61-42(73)25-58-50(34)81)52(83)63-37(22-48(79)80)56(86)69-26-31(70)20-39(69)53(84)65-49(29(4)6-2)54(85)62-36/h7-8,11-14,19,28-29,31,34,36-39,44,49,64,70,75H,5-6,9-10,15-18,20-27H2,1-4H3,(H,57,72)(H,58,81)(H,59,82)(H,60,71)(H,61,73)(H,62,85)(H,63,83)(H,65,84)(H,79,80)/t28-,29?,31+,34-,36-,37-,38-,39-,44?,49-,88?/m0/s1. The van der Waals surface area contributed by atoms with E-state index in [0.29, 0.717) is 6.42 Å². The van der Waals surface area contributed by atoms with Gasteiger partial charge in [-0.1, -0.05) is 40.5 Å². The highest BCUT2D eigenvalue weighted by Gasteiger charge is 2.45. The van der Waals surface area contributed by atoms with Crippen LogP contribution < -0.4 is 42.5 Å². The van der Waals surface area contributed by atoms with E-state index in [1.54, 1.807) is 27.7 Å². The lowest BCUT2D eigenvalue weighted by Crippen LogP contribution is -2.61. The summed E-state index contributed by atoms with van der Waals surface area (Å²) < 4.78 is 15.1. The predicted molar refractivity (Wildman–Crippen MR) is 308 cm³/mol. The Labute approximate surface area is 507 Å². The number of H-pyrrole nitrogens is 1. The molecule has 5 aliphatic rings. The molecule has 7 rings (SSSR count). The first-order valence-electron chi connectivity index (χ1n) is 28.8. The average molecular weight is 1250 g/mol. The molecule has 2 bridgehead atoms. The van der Waals surface area contributed by atoms with Crippen LogP contribution in [0.5, 0.6) is 0 Å². The molecule has 31 nitrogen and oxygen atoms in total. The summed E-state index contributed by atoms with van der Waals surface area (Å²) in [5, 5.41) is 51.4. The van der Waals surface area contributed by atoms with E-state index < -0.39 is 206 Å². The fraction of sp³-hybridized carbons (Fsp3) is 0.536. The Bertz CT molecular complexity index is 3150. The van der Waals surface area contributed by atoms with Gasteiger partial charge in [0.2, 0.25) is 70.0 Å². The van der Waals surface area contributed by atoms with Crippen molar-refractivity contribution in [2.75, 3.05) is 63.4 Å². The van der Waals surface area contributed by atoms with E-state index in [9.17, 15) is 82.4 Å². The van der Waals surface area contributed by atoms with Crippen LogP contribution in [0.4, 0.5) is 5.69 Å². The molecule has 6 heterocycles. The highest BCUT2D eigenvalue weighted by atomic mass is 32.2. The normalized spacial score (nSPS) is 26.0. The van der Waals surface area contributed by atoms with E-state index in [0.717, 1.165) is 32.9 Å². The van der Waals surface area contributed by atoms with Gasteiger partial charge in [0.15, 0.2) is 6.04 Å². The minimum absolute atomic E-state index is 0.00561. The quantitative estimate of drug-likeness (QED) is 0.0556. The molecule has 32 heteroatoms. The van der Waals surface area contributed by atoms with Crippen LogP contribution in [-0.2, 0) is 84.7 Å². The van der Waals surface area contributed by atoms with Gasteiger partial charge in [0.25, 0.3) is 11.8 Å². The number of rotatable bonds is 16. The zero-order valence-corrected chi connectivity index (χ0v) is 49.6. The second-order valence-electron chi connectivity index (χ2n) is 22.1. The maximum atomic E-state index is 15.1. The van der Waals surface area contributed by atoms with E-state index >= 15 is 4.55 Å². The molecule has 1 aromatic heterocycles. The number of anilines is 1. The lowest BCUT2D eigenvalue weighted by Gasteiger charge is -2.31. The van der Waals surface area contributed by atoms with Crippen LogP contribution in [0, 0.1) is 17.8 Å². The van der Waals surface area contributed by atoms with E-state index in [1.807, 2.05) is 0 Å². The van der Waals surface area contributed by atoms with Crippen LogP contribution in [0.15, 0.2) is 47.5 Å². The fourth-order valence-electron chi connectivity index (χ4n) is 10.7. The third-order valence-corrected chi connectivity index (χ3v) is 17.6. The average Bonchev–Trinajstić information content (AvgIpc) is 2.33. The number of aliphatic carboxylic acids is 1. The molecule has 1 fully saturated rings. The minimum Gasteiger partial charge on any atom is -0.610 e. The number of imide groups is 1. The molecule has 11 atom stereocenters. The summed E-state index contributed by atoms with van der Waals surface area (Å²) in [5.41, 5.74) is 0.245. The Kier molecular flexibility index (Phi) is 22.6. The zero-order chi connectivity index (χ0) is 64.3. The van der Waals surface area contributed by atoms with Crippen molar-refractivity contribution in [3.8, 4) is 0 Å². The van der Waals surface area contributed by atoms with E-state index in [2.05, 4.69) is 47.5 Å². The van der Waals surface area contributed by atoms with Crippen molar-refractivity contribution in [2.24, 2.45) is 17.8 Å². The van der Waals surface area contributed by atoms with Gasteiger partial charge in [0.1, 0.15) is 36.1 Å². The molecule has 476 valence electrons. The van der Waals surface area contributed by atoms with Crippen molar-refractivity contribution in [2.45, 2.75) is 120 Å². The van der Waals surface area contributed by atoms with Crippen LogP contribution in [0.3, 0.4) is 0 Å². The number of aliphatic hydroxyl groups is 2. The molecule has 1 aromatic carbocycles. The summed E-state index contributed by atoms with van der Waals surface area (Å²) in [5.74, 6) is -15.4. The largest absolute Gasteiger partial charge is 0.610 e. The maximum Gasteiger partial charge on any atom is 0.305 e. The first-order chi connectivity index (χ1) is 41.8. The smallest absolute Gasteiger partial charge is 0.305 e. The monoisotopic (exact) mass is 1250 g/mol. The van der Waals surface area contributed by atoms with E-state index in [1.165, 1.54) is 29.2 Å². The molecule has 0 saturated carbocycles. The number of aromatic amines is 1. The molecular weight excluding hydrogens is 1170 g/mol. The molecular formula is C56H73N13O18S. The Morgan fingerprint density at radius 1 is 0.761 bits per heavy atom. The second-order valence-corrected chi connectivity index (χ2v) is 23.6. The molecule has 3 unspecified atom stereocenters. The number of carboxylic acids is 1. The molecule has 88 heavy (non-hydrogen) atoms. The maximum absolute atomic E-state index is 15.1. The van der Waals surface area contributed by atoms with Crippen LogP contribution in [-0.4, -0.2) is 228 Å². The number of aromatic nitrogens is 1. The van der Waals surface area contributed by atoms with Gasteiger partial charge in [-0.15, -0.1) is 0 Å². The molecule has 0 radical (unpaired) electrons. The molecule has 0 aliphatic carbocycles. The van der Waals surface area contributed by atoms with Gasteiger partial charge in [0, 0.05) is 117 Å². The number of carbonyl (C=O) groups is 14. The van der Waals surface area contributed by atoms with Gasteiger partial charge in [-0.3, -0.25) is 72.0 Å². The summed E-state index contributed by atoms with van der Waals surface area (Å²) >= 11 is -2.51. The van der Waals surface area contributed by atoms with Gasteiger partial charge >= 0.3 is 5.97 Å². The molecule has 13 amide bonds. The number of fused-ring (bicyclic) bond motifs is 5. The van der Waals surface area contributed by atoms with Crippen molar-refractivity contribution in [3.05, 3.63) is 48.1 Å². The summed E-state index contributed by atoms with van der Waals surface area (Å²) in [7, 11) is 0. The Morgan fingerprint density at radius 3 is 2.11 bits per heavy atom. The third-order valence-electron chi connectivity index (χ3n) is 16.1. The van der Waals surface area contributed by atoms with Gasteiger partial charge in [0.05, 0.1) is 31.5 Å². The lowest BCUT2D eigenvalue weighted by atomic mass is 9.90. The van der Waals surface area contributed by atoms with Crippen molar-refractivity contribution >= 4 is 111 Å². The van der Waals surface area contributed by atoms with Gasteiger partial charge in [-0.25, -0.2) is 0 Å². The van der Waals surface area contributed by atoms with Gasteiger partial charge in [-0.2, -0.15) is 0 Å². The van der Waals surface area contributed by atoms with Crippen molar-refractivity contribution in [3.63, 3.8) is 0 Å². The van der Waals surface area contributed by atoms with Crippen LogP contribution in [0.25, 0.3) is 10.9 Å². The number of amides is 13. The summed E-state index contributed by atoms with van der Waals surface area (Å²) in [4.78, 5) is 198. The predicted octanol–water partition coefficient (Wildman–Crippen LogP) is -4.53. The summed E-state index contributed by atoms with van der Waals surface area (Å²) in [6.07, 6.45) is -0.337. The third kappa shape index (κ3) is 16.6. The van der Waals surface area contributed by atoms with Gasteiger partial charge in [-0.05, 0) is 36.1 Å².